The first kappa shape index (κ1) is 15.7. The van der Waals surface area contributed by atoms with Crippen LogP contribution in [0.3, 0.4) is 0 Å². The number of amides is 1. The highest BCUT2D eigenvalue weighted by Crippen LogP contribution is 2.09. The summed E-state index contributed by atoms with van der Waals surface area (Å²) in [4.78, 5) is 11.6. The molecule has 1 rings (SSSR count). The maximum absolute atomic E-state index is 11.6. The lowest BCUT2D eigenvalue weighted by atomic mass is 10.00. The molecule has 1 heterocycles. The number of aliphatic hydroxyl groups excluding tert-OH is 1. The van der Waals surface area contributed by atoms with Gasteiger partial charge in [0.05, 0.1) is 0 Å². The Bertz CT molecular complexity index is 208. The van der Waals surface area contributed by atoms with Crippen molar-refractivity contribution in [3.8, 4) is 0 Å². The maximum Gasteiger partial charge on any atom is 0.249 e. The van der Waals surface area contributed by atoms with Gasteiger partial charge in [-0.15, -0.1) is 12.4 Å². The summed E-state index contributed by atoms with van der Waals surface area (Å²) in [6.07, 6.45) is 1.88. The first-order valence-electron chi connectivity index (χ1n) is 5.84. The van der Waals surface area contributed by atoms with E-state index in [1.54, 1.807) is 0 Å². The molecule has 0 bridgehead atoms. The molecule has 16 heavy (non-hydrogen) atoms. The Morgan fingerprint density at radius 1 is 1.50 bits per heavy atom. The van der Waals surface area contributed by atoms with Gasteiger partial charge in [0.1, 0.15) is 6.10 Å². The predicted molar refractivity (Wildman–Crippen MR) is 66.7 cm³/mol. The Morgan fingerprint density at radius 3 is 2.56 bits per heavy atom. The Morgan fingerprint density at radius 2 is 2.06 bits per heavy atom. The fourth-order valence-corrected chi connectivity index (χ4v) is 1.73. The van der Waals surface area contributed by atoms with E-state index in [0.717, 1.165) is 32.4 Å². The molecule has 1 saturated heterocycles. The summed E-state index contributed by atoms with van der Waals surface area (Å²) in [6, 6.07) is 0.234. The molecule has 1 aliphatic heterocycles. The van der Waals surface area contributed by atoms with Crippen LogP contribution in [0, 0.1) is 5.92 Å². The third kappa shape index (κ3) is 4.68. The van der Waals surface area contributed by atoms with Crippen LogP contribution in [0.2, 0.25) is 0 Å². The Labute approximate surface area is 104 Å². The minimum absolute atomic E-state index is 0. The molecule has 0 spiro atoms. The highest BCUT2D eigenvalue weighted by molar-refractivity contribution is 5.85. The van der Waals surface area contributed by atoms with Gasteiger partial charge in [-0.05, 0) is 31.8 Å². The zero-order valence-electron chi connectivity index (χ0n) is 10.0. The normalized spacial score (nSPS) is 20.7. The number of halogens is 1. The van der Waals surface area contributed by atoms with E-state index in [1.807, 2.05) is 13.8 Å². The number of piperidine rings is 1. The number of rotatable bonds is 4. The van der Waals surface area contributed by atoms with Gasteiger partial charge >= 0.3 is 0 Å². The highest BCUT2D eigenvalue weighted by Gasteiger charge is 2.23. The van der Waals surface area contributed by atoms with Crippen molar-refractivity contribution in [2.75, 3.05) is 13.1 Å². The van der Waals surface area contributed by atoms with Crippen molar-refractivity contribution in [1.29, 1.82) is 0 Å². The first-order valence-corrected chi connectivity index (χ1v) is 5.84. The van der Waals surface area contributed by atoms with Crippen molar-refractivity contribution in [2.24, 2.45) is 5.92 Å². The van der Waals surface area contributed by atoms with Gasteiger partial charge in [-0.3, -0.25) is 4.79 Å². The quantitative estimate of drug-likeness (QED) is 0.688. The summed E-state index contributed by atoms with van der Waals surface area (Å²) in [5.41, 5.74) is 0. The van der Waals surface area contributed by atoms with Crippen LogP contribution in [0.1, 0.15) is 33.1 Å². The molecule has 5 heteroatoms. The summed E-state index contributed by atoms with van der Waals surface area (Å²) in [6.45, 7) is 5.77. The molecular formula is C11H23ClN2O2. The fourth-order valence-electron chi connectivity index (χ4n) is 1.73. The van der Waals surface area contributed by atoms with E-state index in [0.29, 0.717) is 0 Å². The first-order chi connectivity index (χ1) is 7.15. The van der Waals surface area contributed by atoms with Gasteiger partial charge in [0, 0.05) is 6.04 Å². The molecular weight excluding hydrogens is 228 g/mol. The lowest BCUT2D eigenvalue weighted by Gasteiger charge is -2.26. The lowest BCUT2D eigenvalue weighted by Crippen LogP contribution is -2.47. The minimum Gasteiger partial charge on any atom is -0.383 e. The van der Waals surface area contributed by atoms with E-state index < -0.39 is 6.10 Å². The van der Waals surface area contributed by atoms with Crippen LogP contribution >= 0.6 is 12.4 Å². The Balaban J connectivity index is 0.00000225. The van der Waals surface area contributed by atoms with Gasteiger partial charge in [-0.25, -0.2) is 0 Å². The molecule has 0 aliphatic carbocycles. The molecule has 2 unspecified atom stereocenters. The third-order valence-electron chi connectivity index (χ3n) is 3.14. The molecule has 2 atom stereocenters. The molecule has 0 aromatic heterocycles. The van der Waals surface area contributed by atoms with Crippen LogP contribution in [0.25, 0.3) is 0 Å². The topological polar surface area (TPSA) is 61.4 Å². The van der Waals surface area contributed by atoms with Crippen molar-refractivity contribution in [3.05, 3.63) is 0 Å². The zero-order valence-corrected chi connectivity index (χ0v) is 10.8. The monoisotopic (exact) mass is 250 g/mol. The van der Waals surface area contributed by atoms with E-state index in [9.17, 15) is 9.90 Å². The molecule has 0 saturated carbocycles. The number of aliphatic hydroxyl groups is 1. The zero-order chi connectivity index (χ0) is 11.3. The minimum atomic E-state index is -0.857. The van der Waals surface area contributed by atoms with Gasteiger partial charge in [-0.2, -0.15) is 0 Å². The number of hydrogen-bond acceptors (Lipinski definition) is 3. The van der Waals surface area contributed by atoms with Gasteiger partial charge in [0.15, 0.2) is 0 Å². The van der Waals surface area contributed by atoms with Gasteiger partial charge in [0.2, 0.25) is 5.91 Å². The van der Waals surface area contributed by atoms with Crippen LogP contribution in [0.15, 0.2) is 0 Å². The predicted octanol–water partition coefficient (Wildman–Crippen LogP) is 0.683. The molecule has 1 aliphatic rings. The second-order valence-electron chi connectivity index (χ2n) is 4.36. The number of nitrogens with one attached hydrogen (secondary N) is 2. The van der Waals surface area contributed by atoms with E-state index in [4.69, 9.17) is 0 Å². The summed E-state index contributed by atoms with van der Waals surface area (Å²) in [5, 5.41) is 15.8. The van der Waals surface area contributed by atoms with Crippen molar-refractivity contribution >= 4 is 18.3 Å². The standard InChI is InChI=1S/C11H22N2O2.ClH/c1-3-8(2)10(14)11(15)13-9-4-6-12-7-5-9;/h8-10,12,14H,3-7H2,1-2H3,(H,13,15);1H. The second kappa shape index (κ2) is 7.87. The maximum atomic E-state index is 11.6. The van der Waals surface area contributed by atoms with E-state index >= 15 is 0 Å². The summed E-state index contributed by atoms with van der Waals surface area (Å²) in [5.74, 6) is -0.178. The van der Waals surface area contributed by atoms with Gasteiger partial charge < -0.3 is 15.7 Å². The van der Waals surface area contributed by atoms with Gasteiger partial charge in [-0.1, -0.05) is 20.3 Å². The number of carbonyl (C=O) groups excluding carboxylic acids is 1. The van der Waals surface area contributed by atoms with Crippen LogP contribution in [0.4, 0.5) is 0 Å². The molecule has 1 fully saturated rings. The molecule has 1 amide bonds. The highest BCUT2D eigenvalue weighted by atomic mass is 35.5. The van der Waals surface area contributed by atoms with Crippen molar-refractivity contribution in [1.82, 2.24) is 10.6 Å². The summed E-state index contributed by atoms with van der Waals surface area (Å²) < 4.78 is 0. The average Bonchev–Trinajstić information content (AvgIpc) is 2.28. The largest absolute Gasteiger partial charge is 0.383 e. The van der Waals surface area contributed by atoms with Gasteiger partial charge in [0.25, 0.3) is 0 Å². The average molecular weight is 251 g/mol. The Hall–Kier alpha value is -0.320. The molecule has 0 aromatic rings. The third-order valence-corrected chi connectivity index (χ3v) is 3.14. The van der Waals surface area contributed by atoms with Crippen molar-refractivity contribution in [3.63, 3.8) is 0 Å². The van der Waals surface area contributed by atoms with Crippen LogP contribution in [-0.4, -0.2) is 36.2 Å². The van der Waals surface area contributed by atoms with Crippen molar-refractivity contribution < 1.29 is 9.90 Å². The number of carbonyl (C=O) groups is 1. The van der Waals surface area contributed by atoms with E-state index in [1.165, 1.54) is 0 Å². The second-order valence-corrected chi connectivity index (χ2v) is 4.36. The number of hydrogen-bond donors (Lipinski definition) is 3. The molecule has 3 N–H and O–H groups in total. The van der Waals surface area contributed by atoms with Crippen LogP contribution in [0.5, 0.6) is 0 Å². The SMILES string of the molecule is CCC(C)C(O)C(=O)NC1CCNCC1.Cl. The molecule has 0 aromatic carbocycles. The van der Waals surface area contributed by atoms with Crippen LogP contribution < -0.4 is 10.6 Å². The lowest BCUT2D eigenvalue weighted by molar-refractivity contribution is -0.132. The van der Waals surface area contributed by atoms with E-state index in [2.05, 4.69) is 10.6 Å². The molecule has 4 nitrogen and oxygen atoms in total. The fraction of sp³-hybridized carbons (Fsp3) is 0.909. The summed E-state index contributed by atoms with van der Waals surface area (Å²) >= 11 is 0. The smallest absolute Gasteiger partial charge is 0.249 e. The molecule has 0 radical (unpaired) electrons. The molecule has 96 valence electrons. The van der Waals surface area contributed by atoms with E-state index in [-0.39, 0.29) is 30.3 Å². The van der Waals surface area contributed by atoms with Crippen molar-refractivity contribution in [2.45, 2.75) is 45.3 Å². The summed E-state index contributed by atoms with van der Waals surface area (Å²) in [7, 11) is 0. The van der Waals surface area contributed by atoms with Crippen LogP contribution in [-0.2, 0) is 4.79 Å². The Kier molecular flexibility index (Phi) is 7.72.